The first kappa shape index (κ1) is 19.2. The Bertz CT molecular complexity index is 939. The number of fused-ring (bicyclic) bond motifs is 4. The fourth-order valence-electron chi connectivity index (χ4n) is 5.37. The first-order valence-electron chi connectivity index (χ1n) is 10.8. The van der Waals surface area contributed by atoms with Crippen molar-refractivity contribution >= 4 is 11.8 Å². The summed E-state index contributed by atoms with van der Waals surface area (Å²) in [4.78, 5) is 16.7. The lowest BCUT2D eigenvalue weighted by Crippen LogP contribution is -2.53. The average molecular weight is 408 g/mol. The zero-order chi connectivity index (χ0) is 20.7. The third-order valence-electron chi connectivity index (χ3n) is 6.78. The lowest BCUT2D eigenvalue weighted by molar-refractivity contribution is 0.0357. The summed E-state index contributed by atoms with van der Waals surface area (Å²) < 4.78 is 11.5. The standard InChI is InChI=1S/C24H28N2O4/c1-16-3-2-4-19(13-16)26(24(27)28)23(20-15-25-9-7-17(20)8-10-25)18-5-6-21-22(14-18)30-12-11-29-21/h2-6,13-14,17,20,23H,7-12,15H2,1H3,(H,27,28). The molecule has 2 aromatic carbocycles. The molecule has 3 fully saturated rings. The number of hydrogen-bond donors (Lipinski definition) is 1. The Hall–Kier alpha value is -2.73. The molecule has 0 saturated carbocycles. The van der Waals surface area contributed by atoms with Gasteiger partial charge in [-0.05, 0) is 80.1 Å². The summed E-state index contributed by atoms with van der Waals surface area (Å²) in [6.45, 7) is 6.22. The van der Waals surface area contributed by atoms with Crippen LogP contribution in [0.4, 0.5) is 10.5 Å². The maximum Gasteiger partial charge on any atom is 0.412 e. The first-order chi connectivity index (χ1) is 14.6. The number of ether oxygens (including phenoxy) is 2. The number of carbonyl (C=O) groups is 1. The van der Waals surface area contributed by atoms with Crippen LogP contribution in [-0.2, 0) is 0 Å². The van der Waals surface area contributed by atoms with Crippen molar-refractivity contribution in [2.75, 3.05) is 37.7 Å². The molecule has 4 aliphatic heterocycles. The van der Waals surface area contributed by atoms with E-state index in [2.05, 4.69) is 4.90 Å². The SMILES string of the molecule is Cc1cccc(N(C(=O)O)C(c2ccc3c(c2)OCCO3)C2CN3CCC2CC3)c1. The van der Waals surface area contributed by atoms with Crippen molar-refractivity contribution < 1.29 is 19.4 Å². The van der Waals surface area contributed by atoms with E-state index in [-0.39, 0.29) is 12.0 Å². The van der Waals surface area contributed by atoms with E-state index < -0.39 is 6.09 Å². The van der Waals surface area contributed by atoms with Gasteiger partial charge in [0.25, 0.3) is 0 Å². The van der Waals surface area contributed by atoms with Crippen LogP contribution in [0.15, 0.2) is 42.5 Å². The van der Waals surface area contributed by atoms with Gasteiger partial charge in [0.2, 0.25) is 0 Å². The number of amides is 1. The zero-order valence-corrected chi connectivity index (χ0v) is 17.3. The minimum atomic E-state index is -0.920. The van der Waals surface area contributed by atoms with Crippen LogP contribution >= 0.6 is 0 Å². The monoisotopic (exact) mass is 408 g/mol. The lowest BCUT2D eigenvalue weighted by atomic mass is 9.73. The van der Waals surface area contributed by atoms with Crippen molar-refractivity contribution in [2.45, 2.75) is 25.8 Å². The quantitative estimate of drug-likeness (QED) is 0.816. The molecule has 158 valence electrons. The number of rotatable bonds is 4. The number of aryl methyl sites for hydroxylation is 1. The Balaban J connectivity index is 1.61. The summed E-state index contributed by atoms with van der Waals surface area (Å²) in [7, 11) is 0. The van der Waals surface area contributed by atoms with E-state index in [1.165, 1.54) is 0 Å². The van der Waals surface area contributed by atoms with Crippen molar-refractivity contribution in [3.05, 3.63) is 53.6 Å². The van der Waals surface area contributed by atoms with Gasteiger partial charge in [-0.15, -0.1) is 0 Å². The van der Waals surface area contributed by atoms with Crippen LogP contribution in [0.1, 0.15) is 30.0 Å². The largest absolute Gasteiger partial charge is 0.486 e. The lowest BCUT2D eigenvalue weighted by Gasteiger charge is -2.49. The van der Waals surface area contributed by atoms with Crippen molar-refractivity contribution in [2.24, 2.45) is 11.8 Å². The van der Waals surface area contributed by atoms with Crippen LogP contribution in [0.2, 0.25) is 0 Å². The van der Waals surface area contributed by atoms with Gasteiger partial charge in [0.05, 0.1) is 6.04 Å². The van der Waals surface area contributed by atoms with Crippen LogP contribution in [0.25, 0.3) is 0 Å². The van der Waals surface area contributed by atoms with Crippen LogP contribution in [0, 0.1) is 18.8 Å². The van der Waals surface area contributed by atoms with Crippen molar-refractivity contribution in [1.82, 2.24) is 4.90 Å². The first-order valence-corrected chi connectivity index (χ1v) is 10.8. The molecular weight excluding hydrogens is 380 g/mol. The molecule has 2 unspecified atom stereocenters. The number of piperidine rings is 3. The van der Waals surface area contributed by atoms with E-state index in [4.69, 9.17) is 9.47 Å². The predicted molar refractivity (Wildman–Crippen MR) is 115 cm³/mol. The Morgan fingerprint density at radius 2 is 1.87 bits per heavy atom. The van der Waals surface area contributed by atoms with Gasteiger partial charge in [0.15, 0.2) is 11.5 Å². The minimum absolute atomic E-state index is 0.242. The summed E-state index contributed by atoms with van der Waals surface area (Å²) in [5.41, 5.74) is 2.74. The van der Waals surface area contributed by atoms with Crippen molar-refractivity contribution in [1.29, 1.82) is 0 Å². The van der Waals surface area contributed by atoms with Gasteiger partial charge >= 0.3 is 6.09 Å². The summed E-state index contributed by atoms with van der Waals surface area (Å²) in [5.74, 6) is 2.21. The number of benzene rings is 2. The van der Waals surface area contributed by atoms with Crippen LogP contribution in [0.3, 0.4) is 0 Å². The van der Waals surface area contributed by atoms with Crippen LogP contribution in [-0.4, -0.2) is 48.9 Å². The Kier molecular flexibility index (Phi) is 5.03. The Labute approximate surface area is 177 Å². The molecule has 2 atom stereocenters. The fraction of sp³-hybridized carbons (Fsp3) is 0.458. The molecule has 2 bridgehead atoms. The van der Waals surface area contributed by atoms with Gasteiger partial charge < -0.3 is 19.5 Å². The second-order valence-electron chi connectivity index (χ2n) is 8.64. The van der Waals surface area contributed by atoms with Crippen LogP contribution < -0.4 is 14.4 Å². The molecule has 4 aliphatic rings. The predicted octanol–water partition coefficient (Wildman–Crippen LogP) is 4.33. The summed E-state index contributed by atoms with van der Waals surface area (Å²) in [6.07, 6.45) is 1.34. The van der Waals surface area contributed by atoms with E-state index in [0.717, 1.165) is 55.0 Å². The normalized spacial score (nSPS) is 25.6. The van der Waals surface area contributed by atoms with E-state index >= 15 is 0 Å². The second kappa shape index (κ2) is 7.84. The topological polar surface area (TPSA) is 62.2 Å². The average Bonchev–Trinajstić information content (AvgIpc) is 2.77. The molecule has 6 nitrogen and oxygen atoms in total. The summed E-state index contributed by atoms with van der Waals surface area (Å²) in [6, 6.07) is 13.4. The highest BCUT2D eigenvalue weighted by atomic mass is 16.6. The number of hydrogen-bond acceptors (Lipinski definition) is 4. The summed E-state index contributed by atoms with van der Waals surface area (Å²) >= 11 is 0. The van der Waals surface area contributed by atoms with Gasteiger partial charge in [0.1, 0.15) is 13.2 Å². The molecule has 0 spiro atoms. The molecule has 1 amide bonds. The van der Waals surface area contributed by atoms with E-state index in [1.807, 2.05) is 49.4 Å². The van der Waals surface area contributed by atoms with Crippen LogP contribution in [0.5, 0.6) is 11.5 Å². The van der Waals surface area contributed by atoms with Crippen molar-refractivity contribution in [3.63, 3.8) is 0 Å². The molecule has 3 saturated heterocycles. The van der Waals surface area contributed by atoms with E-state index in [9.17, 15) is 9.90 Å². The van der Waals surface area contributed by atoms with Gasteiger partial charge in [-0.1, -0.05) is 18.2 Å². The molecule has 30 heavy (non-hydrogen) atoms. The highest BCUT2D eigenvalue weighted by Gasteiger charge is 2.43. The molecule has 2 aromatic rings. The Morgan fingerprint density at radius 3 is 2.53 bits per heavy atom. The molecule has 1 N–H and O–H groups in total. The molecule has 0 aromatic heterocycles. The van der Waals surface area contributed by atoms with Crippen molar-refractivity contribution in [3.8, 4) is 11.5 Å². The zero-order valence-electron chi connectivity index (χ0n) is 17.3. The maximum atomic E-state index is 12.6. The van der Waals surface area contributed by atoms with E-state index in [1.54, 1.807) is 4.90 Å². The smallest absolute Gasteiger partial charge is 0.412 e. The molecule has 4 heterocycles. The van der Waals surface area contributed by atoms with Gasteiger partial charge in [-0.25, -0.2) is 4.79 Å². The maximum absolute atomic E-state index is 12.6. The molecule has 0 radical (unpaired) electrons. The van der Waals surface area contributed by atoms with Gasteiger partial charge in [-0.3, -0.25) is 4.90 Å². The second-order valence-corrected chi connectivity index (χ2v) is 8.64. The third-order valence-corrected chi connectivity index (χ3v) is 6.78. The molecule has 6 heteroatoms. The highest BCUT2D eigenvalue weighted by Crippen LogP contribution is 2.46. The summed E-state index contributed by atoms with van der Waals surface area (Å²) in [5, 5.41) is 10.3. The molecule has 0 aliphatic carbocycles. The minimum Gasteiger partial charge on any atom is -0.486 e. The Morgan fingerprint density at radius 1 is 1.10 bits per heavy atom. The van der Waals surface area contributed by atoms with E-state index in [0.29, 0.717) is 24.9 Å². The van der Waals surface area contributed by atoms with Gasteiger partial charge in [-0.2, -0.15) is 0 Å². The fourth-order valence-corrected chi connectivity index (χ4v) is 5.37. The third kappa shape index (κ3) is 3.49. The number of anilines is 1. The molecular formula is C24H28N2O4. The number of nitrogens with zero attached hydrogens (tertiary/aromatic N) is 2. The molecule has 6 rings (SSSR count). The van der Waals surface area contributed by atoms with Gasteiger partial charge in [0, 0.05) is 12.2 Å². The highest BCUT2D eigenvalue weighted by molar-refractivity contribution is 5.87. The number of carboxylic acid groups (broad SMARTS) is 1.